The molecule has 1 aromatic carbocycles. The van der Waals surface area contributed by atoms with Crippen molar-refractivity contribution in [3.63, 3.8) is 0 Å². The minimum atomic E-state index is -0.473. The first-order chi connectivity index (χ1) is 9.74. The molecule has 0 amide bonds. The van der Waals surface area contributed by atoms with Gasteiger partial charge in [-0.05, 0) is 43.0 Å². The molecule has 0 N–H and O–H groups in total. The summed E-state index contributed by atoms with van der Waals surface area (Å²) in [5.41, 5.74) is 3.15. The van der Waals surface area contributed by atoms with E-state index >= 15 is 0 Å². The number of oxime groups is 1. The van der Waals surface area contributed by atoms with Crippen molar-refractivity contribution in [3.8, 4) is 5.75 Å². The Morgan fingerprint density at radius 3 is 2.90 bits per heavy atom. The van der Waals surface area contributed by atoms with Crippen LogP contribution in [0.4, 0.5) is 0 Å². The largest absolute Gasteiger partial charge is 0.497 e. The van der Waals surface area contributed by atoms with Gasteiger partial charge in [-0.25, -0.2) is 4.79 Å². The van der Waals surface area contributed by atoms with E-state index < -0.39 is 5.97 Å². The molecule has 0 saturated heterocycles. The average Bonchev–Trinajstić information content (AvgIpc) is 2.50. The molecule has 0 aliphatic heterocycles. The summed E-state index contributed by atoms with van der Waals surface area (Å²) in [6.45, 7) is 0. The van der Waals surface area contributed by atoms with Gasteiger partial charge in [-0.1, -0.05) is 5.16 Å². The standard InChI is InChI=1S/C15H17NO4/c1-18-12-6-7-13-11(10-12)4-3-5-14(13)16-20-9-8-15(17)19-2/h6-10H,3-5H2,1-2H3/b9-8?,16-14+. The fourth-order valence-corrected chi connectivity index (χ4v) is 2.11. The smallest absolute Gasteiger partial charge is 0.333 e. The van der Waals surface area contributed by atoms with Crippen LogP contribution in [0.2, 0.25) is 0 Å². The van der Waals surface area contributed by atoms with E-state index in [0.717, 1.165) is 36.3 Å². The fourth-order valence-electron chi connectivity index (χ4n) is 2.11. The molecule has 5 heteroatoms. The zero-order valence-corrected chi connectivity index (χ0v) is 11.6. The Hall–Kier alpha value is -2.30. The number of hydrogen-bond acceptors (Lipinski definition) is 5. The highest BCUT2D eigenvalue weighted by molar-refractivity contribution is 6.02. The summed E-state index contributed by atoms with van der Waals surface area (Å²) < 4.78 is 9.68. The molecule has 0 heterocycles. The normalized spacial score (nSPS) is 16.0. The van der Waals surface area contributed by atoms with E-state index in [1.165, 1.54) is 25.0 Å². The van der Waals surface area contributed by atoms with Gasteiger partial charge in [-0.15, -0.1) is 0 Å². The minimum absolute atomic E-state index is 0.473. The third kappa shape index (κ3) is 3.38. The summed E-state index contributed by atoms with van der Waals surface area (Å²) in [6, 6.07) is 5.91. The molecule has 20 heavy (non-hydrogen) atoms. The molecule has 1 aromatic rings. The first-order valence-electron chi connectivity index (χ1n) is 6.39. The van der Waals surface area contributed by atoms with Crippen LogP contribution >= 0.6 is 0 Å². The molecule has 1 aliphatic carbocycles. The maximum atomic E-state index is 10.9. The number of rotatable bonds is 4. The molecular formula is C15H17NO4. The minimum Gasteiger partial charge on any atom is -0.497 e. The van der Waals surface area contributed by atoms with Gasteiger partial charge in [0, 0.05) is 5.56 Å². The lowest BCUT2D eigenvalue weighted by molar-refractivity contribution is -0.135. The van der Waals surface area contributed by atoms with Gasteiger partial charge in [0.05, 0.1) is 26.0 Å². The van der Waals surface area contributed by atoms with Gasteiger partial charge in [0.1, 0.15) is 12.0 Å². The van der Waals surface area contributed by atoms with Gasteiger partial charge < -0.3 is 14.3 Å². The molecule has 0 radical (unpaired) electrons. The maximum absolute atomic E-state index is 10.9. The molecule has 5 nitrogen and oxygen atoms in total. The second kappa shape index (κ2) is 6.75. The summed E-state index contributed by atoms with van der Waals surface area (Å²) in [7, 11) is 2.96. The van der Waals surface area contributed by atoms with Crippen LogP contribution in [-0.2, 0) is 20.8 Å². The lowest BCUT2D eigenvalue weighted by atomic mass is 9.90. The molecule has 0 saturated carbocycles. The number of fused-ring (bicyclic) bond motifs is 1. The van der Waals surface area contributed by atoms with Crippen molar-refractivity contribution < 1.29 is 19.1 Å². The van der Waals surface area contributed by atoms with Gasteiger partial charge in [-0.2, -0.15) is 0 Å². The first-order valence-corrected chi connectivity index (χ1v) is 6.39. The topological polar surface area (TPSA) is 57.1 Å². The SMILES string of the molecule is COC(=O)C=CO/N=C1\CCCc2cc(OC)ccc21. The molecule has 0 unspecified atom stereocenters. The summed E-state index contributed by atoms with van der Waals surface area (Å²) in [5.74, 6) is 0.371. The lowest BCUT2D eigenvalue weighted by Crippen LogP contribution is -2.12. The number of ether oxygens (including phenoxy) is 2. The van der Waals surface area contributed by atoms with Crippen LogP contribution in [0.15, 0.2) is 35.7 Å². The number of benzene rings is 1. The Labute approximate surface area is 117 Å². The zero-order valence-electron chi connectivity index (χ0n) is 11.6. The Kier molecular flexibility index (Phi) is 4.76. The summed E-state index contributed by atoms with van der Waals surface area (Å²) in [4.78, 5) is 15.9. The highest BCUT2D eigenvalue weighted by atomic mass is 16.6. The number of carbonyl (C=O) groups excluding carboxylic acids is 1. The zero-order chi connectivity index (χ0) is 14.4. The van der Waals surface area contributed by atoms with E-state index in [-0.39, 0.29) is 0 Å². The molecule has 0 fully saturated rings. The van der Waals surface area contributed by atoms with E-state index in [9.17, 15) is 4.79 Å². The predicted octanol–water partition coefficient (Wildman–Crippen LogP) is 2.44. The van der Waals surface area contributed by atoms with Crippen molar-refractivity contribution >= 4 is 11.7 Å². The predicted molar refractivity (Wildman–Crippen MR) is 74.7 cm³/mol. The van der Waals surface area contributed by atoms with Crippen molar-refractivity contribution in [2.45, 2.75) is 19.3 Å². The molecule has 106 valence electrons. The molecule has 0 spiro atoms. The summed E-state index contributed by atoms with van der Waals surface area (Å²) in [5, 5.41) is 4.07. The van der Waals surface area contributed by atoms with Crippen LogP contribution in [-0.4, -0.2) is 25.9 Å². The van der Waals surface area contributed by atoms with Crippen molar-refractivity contribution in [1.82, 2.24) is 0 Å². The molecule has 0 atom stereocenters. The highest BCUT2D eigenvalue weighted by Crippen LogP contribution is 2.25. The van der Waals surface area contributed by atoms with Gasteiger partial charge in [0.15, 0.2) is 0 Å². The monoisotopic (exact) mass is 275 g/mol. The number of methoxy groups -OCH3 is 2. The summed E-state index contributed by atoms with van der Waals surface area (Å²) in [6.07, 6.45) is 5.27. The van der Waals surface area contributed by atoms with Crippen molar-refractivity contribution in [3.05, 3.63) is 41.7 Å². The second-order valence-electron chi connectivity index (χ2n) is 4.35. The number of aryl methyl sites for hydroxylation is 1. The molecule has 2 rings (SSSR count). The van der Waals surface area contributed by atoms with E-state index in [0.29, 0.717) is 0 Å². The Morgan fingerprint density at radius 2 is 2.15 bits per heavy atom. The molecule has 0 aromatic heterocycles. The third-order valence-corrected chi connectivity index (χ3v) is 3.11. The number of hydrogen-bond donors (Lipinski definition) is 0. The van der Waals surface area contributed by atoms with E-state index in [4.69, 9.17) is 9.57 Å². The van der Waals surface area contributed by atoms with Crippen molar-refractivity contribution in [1.29, 1.82) is 0 Å². The summed E-state index contributed by atoms with van der Waals surface area (Å²) >= 11 is 0. The second-order valence-corrected chi connectivity index (χ2v) is 4.35. The maximum Gasteiger partial charge on any atom is 0.333 e. The highest BCUT2D eigenvalue weighted by Gasteiger charge is 2.16. The number of carbonyl (C=O) groups is 1. The lowest BCUT2D eigenvalue weighted by Gasteiger charge is -2.17. The molecule has 0 bridgehead atoms. The van der Waals surface area contributed by atoms with Gasteiger partial charge in [0.25, 0.3) is 0 Å². The quantitative estimate of drug-likeness (QED) is 0.366. The Morgan fingerprint density at radius 1 is 1.30 bits per heavy atom. The van der Waals surface area contributed by atoms with Crippen LogP contribution in [0.5, 0.6) is 5.75 Å². The molecular weight excluding hydrogens is 258 g/mol. The number of nitrogens with zero attached hydrogens (tertiary/aromatic N) is 1. The van der Waals surface area contributed by atoms with Gasteiger partial charge >= 0.3 is 5.97 Å². The fraction of sp³-hybridized carbons (Fsp3) is 0.333. The van der Waals surface area contributed by atoms with Crippen LogP contribution < -0.4 is 4.74 Å². The third-order valence-electron chi connectivity index (χ3n) is 3.11. The van der Waals surface area contributed by atoms with E-state index in [1.807, 2.05) is 18.2 Å². The van der Waals surface area contributed by atoms with Crippen LogP contribution in [0.1, 0.15) is 24.0 Å². The van der Waals surface area contributed by atoms with Crippen molar-refractivity contribution in [2.75, 3.05) is 14.2 Å². The van der Waals surface area contributed by atoms with Gasteiger partial charge in [0.2, 0.25) is 0 Å². The average molecular weight is 275 g/mol. The molecule has 1 aliphatic rings. The van der Waals surface area contributed by atoms with Crippen LogP contribution in [0, 0.1) is 0 Å². The Bertz CT molecular complexity index is 549. The number of esters is 1. The van der Waals surface area contributed by atoms with Crippen molar-refractivity contribution in [2.24, 2.45) is 5.16 Å². The van der Waals surface area contributed by atoms with E-state index in [2.05, 4.69) is 9.89 Å². The van der Waals surface area contributed by atoms with Crippen LogP contribution in [0.25, 0.3) is 0 Å². The van der Waals surface area contributed by atoms with Crippen LogP contribution in [0.3, 0.4) is 0 Å². The Balaban J connectivity index is 2.12. The van der Waals surface area contributed by atoms with Gasteiger partial charge in [-0.3, -0.25) is 0 Å². The van der Waals surface area contributed by atoms with E-state index in [1.54, 1.807) is 7.11 Å². The first kappa shape index (κ1) is 14.1.